The summed E-state index contributed by atoms with van der Waals surface area (Å²) in [4.78, 5) is 2.32. The van der Waals surface area contributed by atoms with Gasteiger partial charge < -0.3 is 9.64 Å². The van der Waals surface area contributed by atoms with Crippen molar-refractivity contribution < 1.29 is 4.74 Å². The summed E-state index contributed by atoms with van der Waals surface area (Å²) < 4.78 is 5.10. The van der Waals surface area contributed by atoms with Gasteiger partial charge in [0.05, 0.1) is 6.61 Å². The Kier molecular flexibility index (Phi) is 5.19. The molecule has 0 bridgehead atoms. The van der Waals surface area contributed by atoms with Crippen molar-refractivity contribution in [2.24, 2.45) is 0 Å². The molecule has 2 nitrogen and oxygen atoms in total. The molecular weight excluding hydrogens is 186 g/mol. The van der Waals surface area contributed by atoms with Crippen LogP contribution in [0.2, 0.25) is 0 Å². The number of methoxy groups -OCH3 is 1. The van der Waals surface area contributed by atoms with Crippen LogP contribution >= 0.6 is 0 Å². The summed E-state index contributed by atoms with van der Waals surface area (Å²) >= 11 is 0. The number of nitrogens with zero attached hydrogens (tertiary/aromatic N) is 1. The third-order valence-electron chi connectivity index (χ3n) is 2.66. The fraction of sp³-hybridized carbons (Fsp3) is 0.538. The first-order valence-electron chi connectivity index (χ1n) is 5.64. The second-order valence-corrected chi connectivity index (χ2v) is 3.59. The summed E-state index contributed by atoms with van der Waals surface area (Å²) in [5.74, 6) is 0. The Morgan fingerprint density at radius 1 is 1.13 bits per heavy atom. The van der Waals surface area contributed by atoms with E-state index in [4.69, 9.17) is 4.74 Å². The average Bonchev–Trinajstić information content (AvgIpc) is 2.31. The number of hydrogen-bond acceptors (Lipinski definition) is 2. The van der Waals surface area contributed by atoms with Crippen molar-refractivity contribution in [1.82, 2.24) is 0 Å². The molecule has 0 aliphatic heterocycles. The van der Waals surface area contributed by atoms with Gasteiger partial charge in [0.2, 0.25) is 0 Å². The highest BCUT2D eigenvalue weighted by molar-refractivity contribution is 5.47. The zero-order valence-electron chi connectivity index (χ0n) is 9.99. The molecule has 15 heavy (non-hydrogen) atoms. The molecule has 1 rings (SSSR count). The normalized spacial score (nSPS) is 10.3. The summed E-state index contributed by atoms with van der Waals surface area (Å²) in [6, 6.07) is 8.78. The zero-order chi connectivity index (χ0) is 11.1. The van der Waals surface area contributed by atoms with Gasteiger partial charge in [0.1, 0.15) is 0 Å². The molecule has 0 N–H and O–H groups in total. The molecule has 0 fully saturated rings. The molecule has 0 atom stereocenters. The number of aryl methyl sites for hydroxylation is 1. The molecule has 0 saturated carbocycles. The minimum absolute atomic E-state index is 0.781. The van der Waals surface area contributed by atoms with Crippen LogP contribution in [0.25, 0.3) is 0 Å². The maximum absolute atomic E-state index is 5.10. The molecule has 2 heteroatoms. The Morgan fingerprint density at radius 3 is 2.27 bits per heavy atom. The standard InChI is InChI=1S/C13H21NO/c1-4-12-6-8-13(9-7-12)14(5-2)10-11-15-3/h6-9H,4-5,10-11H2,1-3H3. The van der Waals surface area contributed by atoms with Crippen LogP contribution in [0.3, 0.4) is 0 Å². The molecule has 0 amide bonds. The van der Waals surface area contributed by atoms with Crippen molar-refractivity contribution in [3.05, 3.63) is 29.8 Å². The summed E-state index contributed by atoms with van der Waals surface area (Å²) in [5, 5.41) is 0. The largest absolute Gasteiger partial charge is 0.383 e. The number of anilines is 1. The Bertz CT molecular complexity index is 268. The monoisotopic (exact) mass is 207 g/mol. The summed E-state index contributed by atoms with van der Waals surface area (Å²) in [7, 11) is 1.74. The molecule has 0 aliphatic rings. The molecule has 0 spiro atoms. The molecular formula is C13H21NO. The average molecular weight is 207 g/mol. The molecule has 1 aromatic carbocycles. The van der Waals surface area contributed by atoms with Crippen LogP contribution in [0.4, 0.5) is 5.69 Å². The highest BCUT2D eigenvalue weighted by atomic mass is 16.5. The first-order chi connectivity index (χ1) is 7.31. The molecule has 1 aromatic rings. The van der Waals surface area contributed by atoms with E-state index in [1.807, 2.05) is 0 Å². The fourth-order valence-corrected chi connectivity index (χ4v) is 1.61. The Morgan fingerprint density at radius 2 is 1.80 bits per heavy atom. The highest BCUT2D eigenvalue weighted by Crippen LogP contribution is 2.15. The number of benzene rings is 1. The van der Waals surface area contributed by atoms with E-state index in [0.29, 0.717) is 0 Å². The van der Waals surface area contributed by atoms with Gasteiger partial charge in [0, 0.05) is 25.9 Å². The third kappa shape index (κ3) is 3.56. The SMILES string of the molecule is CCc1ccc(N(CC)CCOC)cc1. The first kappa shape index (κ1) is 12.1. The maximum atomic E-state index is 5.10. The lowest BCUT2D eigenvalue weighted by Gasteiger charge is -2.22. The van der Waals surface area contributed by atoms with Crippen molar-refractivity contribution in [3.8, 4) is 0 Å². The van der Waals surface area contributed by atoms with Crippen molar-refractivity contribution in [2.75, 3.05) is 31.7 Å². The van der Waals surface area contributed by atoms with E-state index in [0.717, 1.165) is 26.1 Å². The molecule has 0 radical (unpaired) electrons. The zero-order valence-corrected chi connectivity index (χ0v) is 9.99. The Balaban J connectivity index is 2.65. The van der Waals surface area contributed by atoms with Crippen LogP contribution in [0.1, 0.15) is 19.4 Å². The van der Waals surface area contributed by atoms with Gasteiger partial charge in [0.25, 0.3) is 0 Å². The van der Waals surface area contributed by atoms with E-state index in [1.165, 1.54) is 11.3 Å². The van der Waals surface area contributed by atoms with E-state index in [-0.39, 0.29) is 0 Å². The quantitative estimate of drug-likeness (QED) is 0.711. The van der Waals surface area contributed by atoms with Crippen molar-refractivity contribution in [3.63, 3.8) is 0 Å². The number of rotatable bonds is 6. The molecule has 0 unspecified atom stereocenters. The fourth-order valence-electron chi connectivity index (χ4n) is 1.61. The number of ether oxygens (including phenoxy) is 1. The lowest BCUT2D eigenvalue weighted by molar-refractivity contribution is 0.205. The second-order valence-electron chi connectivity index (χ2n) is 3.59. The van der Waals surface area contributed by atoms with Crippen LogP contribution in [-0.4, -0.2) is 26.8 Å². The number of hydrogen-bond donors (Lipinski definition) is 0. The van der Waals surface area contributed by atoms with Gasteiger partial charge in [-0.15, -0.1) is 0 Å². The van der Waals surface area contributed by atoms with Crippen LogP contribution in [-0.2, 0) is 11.2 Å². The Hall–Kier alpha value is -1.02. The smallest absolute Gasteiger partial charge is 0.0637 e. The second kappa shape index (κ2) is 6.46. The van der Waals surface area contributed by atoms with Gasteiger partial charge >= 0.3 is 0 Å². The summed E-state index contributed by atoms with van der Waals surface area (Å²) in [5.41, 5.74) is 2.67. The molecule has 0 aromatic heterocycles. The highest BCUT2D eigenvalue weighted by Gasteiger charge is 2.02. The molecule has 84 valence electrons. The molecule has 0 aliphatic carbocycles. The molecule has 0 saturated heterocycles. The van der Waals surface area contributed by atoms with Gasteiger partial charge in [0.15, 0.2) is 0 Å². The van der Waals surface area contributed by atoms with Crippen LogP contribution in [0.15, 0.2) is 24.3 Å². The van der Waals surface area contributed by atoms with Crippen molar-refractivity contribution in [1.29, 1.82) is 0 Å². The lowest BCUT2D eigenvalue weighted by atomic mass is 10.1. The predicted molar refractivity (Wildman–Crippen MR) is 65.6 cm³/mol. The van der Waals surface area contributed by atoms with Crippen molar-refractivity contribution in [2.45, 2.75) is 20.3 Å². The molecule has 0 heterocycles. The van der Waals surface area contributed by atoms with E-state index in [1.54, 1.807) is 7.11 Å². The maximum Gasteiger partial charge on any atom is 0.0637 e. The van der Waals surface area contributed by atoms with Crippen molar-refractivity contribution >= 4 is 5.69 Å². The van der Waals surface area contributed by atoms with Gasteiger partial charge in [-0.3, -0.25) is 0 Å². The van der Waals surface area contributed by atoms with E-state index < -0.39 is 0 Å². The van der Waals surface area contributed by atoms with Crippen LogP contribution < -0.4 is 4.90 Å². The van der Waals surface area contributed by atoms with Gasteiger partial charge in [-0.05, 0) is 31.0 Å². The van der Waals surface area contributed by atoms with Gasteiger partial charge in [-0.25, -0.2) is 0 Å². The van der Waals surface area contributed by atoms with Crippen LogP contribution in [0.5, 0.6) is 0 Å². The lowest BCUT2D eigenvalue weighted by Crippen LogP contribution is -2.26. The summed E-state index contributed by atoms with van der Waals surface area (Å²) in [6.45, 7) is 7.11. The summed E-state index contributed by atoms with van der Waals surface area (Å²) in [6.07, 6.45) is 1.10. The van der Waals surface area contributed by atoms with E-state index in [9.17, 15) is 0 Å². The predicted octanol–water partition coefficient (Wildman–Crippen LogP) is 2.72. The third-order valence-corrected chi connectivity index (χ3v) is 2.66. The van der Waals surface area contributed by atoms with Crippen LogP contribution in [0, 0.1) is 0 Å². The van der Waals surface area contributed by atoms with Gasteiger partial charge in [-0.2, -0.15) is 0 Å². The van der Waals surface area contributed by atoms with E-state index in [2.05, 4.69) is 43.0 Å². The topological polar surface area (TPSA) is 12.5 Å². The first-order valence-corrected chi connectivity index (χ1v) is 5.64. The minimum atomic E-state index is 0.781. The minimum Gasteiger partial charge on any atom is -0.383 e. The van der Waals surface area contributed by atoms with E-state index >= 15 is 0 Å². The van der Waals surface area contributed by atoms with Gasteiger partial charge in [-0.1, -0.05) is 19.1 Å². The number of likely N-dealkylation sites (N-methyl/N-ethyl adjacent to an activating group) is 1. The Labute approximate surface area is 92.9 Å².